The Balaban J connectivity index is 1.43. The number of hydrogen-bond acceptors (Lipinski definition) is 4. The van der Waals surface area contributed by atoms with Crippen LogP contribution in [0.25, 0.3) is 0 Å². The average molecular weight is 342 g/mol. The molecule has 3 rings (SSSR count). The zero-order valence-electron chi connectivity index (χ0n) is 14.9. The molecule has 0 saturated carbocycles. The van der Waals surface area contributed by atoms with Gasteiger partial charge < -0.3 is 10.6 Å². The van der Waals surface area contributed by atoms with Crippen LogP contribution in [-0.4, -0.2) is 44.8 Å². The predicted molar refractivity (Wildman–Crippen MR) is 95.7 cm³/mol. The summed E-state index contributed by atoms with van der Waals surface area (Å²) in [5.41, 5.74) is 1.34. The number of benzene rings is 1. The highest BCUT2D eigenvalue weighted by molar-refractivity contribution is 5.74. The molecule has 7 heteroatoms. The predicted octanol–water partition coefficient (Wildman–Crippen LogP) is 1.52. The molecule has 1 aromatic heterocycles. The maximum Gasteiger partial charge on any atom is 0.315 e. The maximum absolute atomic E-state index is 12.1. The van der Waals surface area contributed by atoms with Crippen LogP contribution in [0.15, 0.2) is 36.7 Å². The molecule has 1 fully saturated rings. The molecule has 1 aliphatic rings. The van der Waals surface area contributed by atoms with E-state index in [4.69, 9.17) is 0 Å². The molecule has 2 atom stereocenters. The standard InChI is InChI=1S/C18H26N6O/c1-14-11-24(12-15-6-4-3-5-7-15)9-8-16(14)22-18(25)19-10-17-20-13-21-23(17)2/h3-7,13-14,16H,8-12H2,1-2H3,(H2,19,22,25)/t14-,16+/m0/s1. The second-order valence-electron chi connectivity index (χ2n) is 6.72. The van der Waals surface area contributed by atoms with Gasteiger partial charge in [-0.3, -0.25) is 9.58 Å². The van der Waals surface area contributed by atoms with E-state index in [-0.39, 0.29) is 12.1 Å². The van der Waals surface area contributed by atoms with Gasteiger partial charge in [0.1, 0.15) is 12.2 Å². The lowest BCUT2D eigenvalue weighted by Gasteiger charge is -2.37. The summed E-state index contributed by atoms with van der Waals surface area (Å²) < 4.78 is 1.66. The van der Waals surface area contributed by atoms with Gasteiger partial charge in [-0.15, -0.1) is 0 Å². The smallest absolute Gasteiger partial charge is 0.315 e. The first kappa shape index (κ1) is 17.4. The topological polar surface area (TPSA) is 75.1 Å². The number of hydrogen-bond donors (Lipinski definition) is 2. The highest BCUT2D eigenvalue weighted by Crippen LogP contribution is 2.18. The van der Waals surface area contributed by atoms with Crippen LogP contribution in [0.3, 0.4) is 0 Å². The molecule has 1 aliphatic heterocycles. The van der Waals surface area contributed by atoms with Crippen LogP contribution in [0.2, 0.25) is 0 Å². The van der Waals surface area contributed by atoms with Gasteiger partial charge >= 0.3 is 6.03 Å². The molecule has 0 bridgehead atoms. The van der Waals surface area contributed by atoms with Gasteiger partial charge in [0.2, 0.25) is 0 Å². The highest BCUT2D eigenvalue weighted by atomic mass is 16.2. The summed E-state index contributed by atoms with van der Waals surface area (Å²) in [7, 11) is 1.81. The van der Waals surface area contributed by atoms with Gasteiger partial charge in [-0.2, -0.15) is 5.10 Å². The fourth-order valence-electron chi connectivity index (χ4n) is 3.29. The second-order valence-corrected chi connectivity index (χ2v) is 6.72. The van der Waals surface area contributed by atoms with Crippen molar-refractivity contribution in [2.75, 3.05) is 13.1 Å². The normalized spacial score (nSPS) is 21.0. The molecule has 2 N–H and O–H groups in total. The van der Waals surface area contributed by atoms with E-state index in [9.17, 15) is 4.79 Å². The fraction of sp³-hybridized carbons (Fsp3) is 0.500. The molecule has 1 aromatic carbocycles. The van der Waals surface area contributed by atoms with Crippen LogP contribution in [0.5, 0.6) is 0 Å². The molecule has 0 radical (unpaired) electrons. The average Bonchev–Trinajstić information content (AvgIpc) is 3.01. The van der Waals surface area contributed by atoms with Gasteiger partial charge in [0.05, 0.1) is 6.54 Å². The Hall–Kier alpha value is -2.41. The molecule has 0 unspecified atom stereocenters. The van der Waals surface area contributed by atoms with Crippen molar-refractivity contribution in [3.8, 4) is 0 Å². The Labute approximate surface area is 148 Å². The Bertz CT molecular complexity index is 686. The van der Waals surface area contributed by atoms with Gasteiger partial charge in [-0.05, 0) is 17.9 Å². The minimum Gasteiger partial charge on any atom is -0.335 e. The van der Waals surface area contributed by atoms with Gasteiger partial charge in [0, 0.05) is 32.7 Å². The number of rotatable bonds is 5. The summed E-state index contributed by atoms with van der Waals surface area (Å²) in [5.74, 6) is 1.15. The van der Waals surface area contributed by atoms with Crippen molar-refractivity contribution in [3.63, 3.8) is 0 Å². The molecule has 25 heavy (non-hydrogen) atoms. The Kier molecular flexibility index (Phi) is 5.65. The molecule has 0 spiro atoms. The molecule has 1 saturated heterocycles. The van der Waals surface area contributed by atoms with Gasteiger partial charge in [0.25, 0.3) is 0 Å². The lowest BCUT2D eigenvalue weighted by atomic mass is 9.93. The van der Waals surface area contributed by atoms with Gasteiger partial charge in [0.15, 0.2) is 0 Å². The lowest BCUT2D eigenvalue weighted by molar-refractivity contribution is 0.142. The molecule has 2 aromatic rings. The van der Waals surface area contributed by atoms with Crippen LogP contribution >= 0.6 is 0 Å². The number of urea groups is 1. The van der Waals surface area contributed by atoms with Crippen LogP contribution in [0.1, 0.15) is 24.7 Å². The van der Waals surface area contributed by atoms with E-state index < -0.39 is 0 Å². The molecule has 2 heterocycles. The van der Waals surface area contributed by atoms with Gasteiger partial charge in [-0.1, -0.05) is 37.3 Å². The molecular weight excluding hydrogens is 316 g/mol. The van der Waals surface area contributed by atoms with Crippen LogP contribution in [0, 0.1) is 5.92 Å². The Morgan fingerprint density at radius 2 is 2.12 bits per heavy atom. The van der Waals surface area contributed by atoms with Crippen molar-refractivity contribution in [3.05, 3.63) is 48.0 Å². The fourth-order valence-corrected chi connectivity index (χ4v) is 3.29. The summed E-state index contributed by atoms with van der Waals surface area (Å²) in [6, 6.07) is 10.6. The Morgan fingerprint density at radius 3 is 2.80 bits per heavy atom. The van der Waals surface area contributed by atoms with E-state index in [1.54, 1.807) is 4.68 Å². The largest absolute Gasteiger partial charge is 0.335 e. The van der Waals surface area contributed by atoms with E-state index in [0.717, 1.165) is 31.9 Å². The number of nitrogens with one attached hydrogen (secondary N) is 2. The third-order valence-electron chi connectivity index (χ3n) is 4.77. The van der Waals surface area contributed by atoms with Crippen LogP contribution in [0.4, 0.5) is 4.79 Å². The van der Waals surface area contributed by atoms with E-state index in [2.05, 4.69) is 56.8 Å². The summed E-state index contributed by atoms with van der Waals surface area (Å²) in [5, 5.41) is 9.95. The van der Waals surface area contributed by atoms with E-state index >= 15 is 0 Å². The number of amides is 2. The van der Waals surface area contributed by atoms with E-state index in [1.807, 2.05) is 13.1 Å². The molecule has 134 valence electrons. The number of carbonyl (C=O) groups excluding carboxylic acids is 1. The summed E-state index contributed by atoms with van der Waals surface area (Å²) in [6.45, 7) is 5.53. The van der Waals surface area contributed by atoms with Crippen molar-refractivity contribution in [2.24, 2.45) is 13.0 Å². The second kappa shape index (κ2) is 8.11. The lowest BCUT2D eigenvalue weighted by Crippen LogP contribution is -2.52. The number of aromatic nitrogens is 3. The number of aryl methyl sites for hydroxylation is 1. The first-order chi connectivity index (χ1) is 12.1. The molecule has 0 aliphatic carbocycles. The van der Waals surface area contributed by atoms with E-state index in [1.165, 1.54) is 11.9 Å². The van der Waals surface area contributed by atoms with Crippen molar-refractivity contribution in [1.82, 2.24) is 30.3 Å². The van der Waals surface area contributed by atoms with Gasteiger partial charge in [-0.25, -0.2) is 9.78 Å². The number of carbonyl (C=O) groups is 1. The van der Waals surface area contributed by atoms with Crippen molar-refractivity contribution >= 4 is 6.03 Å². The van der Waals surface area contributed by atoms with Crippen molar-refractivity contribution in [1.29, 1.82) is 0 Å². The Morgan fingerprint density at radius 1 is 1.32 bits per heavy atom. The monoisotopic (exact) mass is 342 g/mol. The quantitative estimate of drug-likeness (QED) is 0.864. The maximum atomic E-state index is 12.1. The zero-order chi connectivity index (χ0) is 17.6. The third-order valence-corrected chi connectivity index (χ3v) is 4.77. The third kappa shape index (κ3) is 4.79. The van der Waals surface area contributed by atoms with E-state index in [0.29, 0.717) is 12.5 Å². The van der Waals surface area contributed by atoms with Crippen LogP contribution in [-0.2, 0) is 20.1 Å². The highest BCUT2D eigenvalue weighted by Gasteiger charge is 2.27. The minimum atomic E-state index is -0.142. The summed E-state index contributed by atoms with van der Waals surface area (Å²) in [4.78, 5) is 18.7. The SMILES string of the molecule is C[C@H]1CN(Cc2ccccc2)CC[C@H]1NC(=O)NCc1ncnn1C. The first-order valence-electron chi connectivity index (χ1n) is 8.75. The van der Waals surface area contributed by atoms with Crippen molar-refractivity contribution < 1.29 is 4.79 Å². The number of piperidine rings is 1. The molecular formula is C18H26N6O. The molecule has 7 nitrogen and oxygen atoms in total. The zero-order valence-corrected chi connectivity index (χ0v) is 14.9. The summed E-state index contributed by atoms with van der Waals surface area (Å²) in [6.07, 6.45) is 2.45. The minimum absolute atomic E-state index is 0.142. The number of likely N-dealkylation sites (tertiary alicyclic amines) is 1. The first-order valence-corrected chi connectivity index (χ1v) is 8.75. The van der Waals surface area contributed by atoms with Crippen molar-refractivity contribution in [2.45, 2.75) is 32.5 Å². The summed E-state index contributed by atoms with van der Waals surface area (Å²) >= 11 is 0. The number of nitrogens with zero attached hydrogens (tertiary/aromatic N) is 4. The molecule has 2 amide bonds. The van der Waals surface area contributed by atoms with Crippen LogP contribution < -0.4 is 10.6 Å².